The molecule has 112 valence electrons. The Labute approximate surface area is 131 Å². The molecule has 0 N–H and O–H groups in total. The third kappa shape index (κ3) is 2.76. The highest BCUT2D eigenvalue weighted by Gasteiger charge is 2.43. The van der Waals surface area contributed by atoms with Gasteiger partial charge in [0.2, 0.25) is 0 Å². The van der Waals surface area contributed by atoms with Crippen LogP contribution in [-0.2, 0) is 9.59 Å². The predicted octanol–water partition coefficient (Wildman–Crippen LogP) is 2.64. The van der Waals surface area contributed by atoms with Gasteiger partial charge in [-0.05, 0) is 31.5 Å². The van der Waals surface area contributed by atoms with Gasteiger partial charge in [0.15, 0.2) is 5.78 Å². The van der Waals surface area contributed by atoms with Gasteiger partial charge in [0.25, 0.3) is 0 Å². The molecule has 1 aromatic rings. The normalized spacial score (nSPS) is 20.3. The number of Topliss-reactive ketones (excluding diaryl/α,β-unsaturated/α-hetero) is 2. The van der Waals surface area contributed by atoms with Gasteiger partial charge in [-0.2, -0.15) is 0 Å². The minimum Gasteiger partial charge on any atom is -0.496 e. The predicted molar refractivity (Wildman–Crippen MR) is 84.6 cm³/mol. The first-order chi connectivity index (χ1) is 10.5. The van der Waals surface area contributed by atoms with Crippen LogP contribution in [0.3, 0.4) is 0 Å². The molecule has 1 aliphatic carbocycles. The van der Waals surface area contributed by atoms with Crippen molar-refractivity contribution in [1.82, 2.24) is 0 Å². The number of hydrogen-bond donors (Lipinski definition) is 0. The third-order valence-electron chi connectivity index (χ3n) is 3.95. The van der Waals surface area contributed by atoms with Crippen molar-refractivity contribution < 1.29 is 14.3 Å². The van der Waals surface area contributed by atoms with E-state index in [0.29, 0.717) is 17.7 Å². The van der Waals surface area contributed by atoms with Crippen molar-refractivity contribution >= 4 is 11.6 Å². The highest BCUT2D eigenvalue weighted by atomic mass is 16.5. The number of methoxy groups -OCH3 is 1. The fourth-order valence-corrected chi connectivity index (χ4v) is 3.00. The van der Waals surface area contributed by atoms with Crippen molar-refractivity contribution in [2.24, 2.45) is 5.92 Å². The van der Waals surface area contributed by atoms with E-state index in [1.807, 2.05) is 13.0 Å². The first-order valence-electron chi connectivity index (χ1n) is 7.14. The number of aryl methyl sites for hydroxylation is 1. The van der Waals surface area contributed by atoms with Crippen molar-refractivity contribution in [2.45, 2.75) is 32.6 Å². The van der Waals surface area contributed by atoms with Crippen molar-refractivity contribution in [2.75, 3.05) is 7.11 Å². The van der Waals surface area contributed by atoms with E-state index >= 15 is 0 Å². The second-order valence-electron chi connectivity index (χ2n) is 5.40. The summed E-state index contributed by atoms with van der Waals surface area (Å²) < 4.78 is 5.40. The molecule has 0 spiro atoms. The molecule has 0 saturated heterocycles. The number of carbonyl (C=O) groups excluding carboxylic acids is 2. The fraction of sp³-hybridized carbons (Fsp3) is 0.368. The standard InChI is InChI=1S/C19H18O3/c1-5-7-13-9-12(3)17(16(10-13)22-4)18-15(20)11-14(8-6-2)19(18)21/h2,9-10,14,18H,8,11H2,1,3-4H3. The molecule has 0 bridgehead atoms. The van der Waals surface area contributed by atoms with E-state index in [1.165, 1.54) is 7.11 Å². The molecule has 0 heterocycles. The van der Waals surface area contributed by atoms with Crippen LogP contribution in [0.25, 0.3) is 0 Å². The number of ketones is 2. The smallest absolute Gasteiger partial charge is 0.152 e. The number of rotatable bonds is 3. The zero-order valence-electron chi connectivity index (χ0n) is 13.0. The molecule has 2 unspecified atom stereocenters. The number of hydrogen-bond acceptors (Lipinski definition) is 3. The highest BCUT2D eigenvalue weighted by molar-refractivity contribution is 6.15. The van der Waals surface area contributed by atoms with Crippen LogP contribution in [0, 0.1) is 37.0 Å². The van der Waals surface area contributed by atoms with Crippen molar-refractivity contribution in [3.63, 3.8) is 0 Å². The Morgan fingerprint density at radius 2 is 2.09 bits per heavy atom. The first-order valence-corrected chi connectivity index (χ1v) is 7.14. The lowest BCUT2D eigenvalue weighted by atomic mass is 9.88. The van der Waals surface area contributed by atoms with Crippen molar-refractivity contribution in [1.29, 1.82) is 0 Å². The second kappa shape index (κ2) is 6.50. The zero-order chi connectivity index (χ0) is 16.3. The van der Waals surface area contributed by atoms with Gasteiger partial charge >= 0.3 is 0 Å². The van der Waals surface area contributed by atoms with Gasteiger partial charge in [-0.15, -0.1) is 18.3 Å². The Morgan fingerprint density at radius 3 is 2.68 bits per heavy atom. The molecule has 1 aliphatic rings. The number of carbonyl (C=O) groups is 2. The Hall–Kier alpha value is -2.52. The Morgan fingerprint density at radius 1 is 1.36 bits per heavy atom. The van der Waals surface area contributed by atoms with Gasteiger partial charge in [0.05, 0.1) is 7.11 Å². The number of ether oxygens (including phenoxy) is 1. The van der Waals surface area contributed by atoms with E-state index in [-0.39, 0.29) is 23.9 Å². The van der Waals surface area contributed by atoms with E-state index in [0.717, 1.165) is 11.1 Å². The van der Waals surface area contributed by atoms with Crippen molar-refractivity contribution in [3.05, 3.63) is 28.8 Å². The number of terminal acetylenes is 1. The van der Waals surface area contributed by atoms with E-state index < -0.39 is 5.92 Å². The molecule has 0 amide bonds. The maximum Gasteiger partial charge on any atom is 0.152 e. The summed E-state index contributed by atoms with van der Waals surface area (Å²) in [5.41, 5.74) is 2.29. The van der Waals surface area contributed by atoms with Gasteiger partial charge in [-0.1, -0.05) is 5.92 Å². The summed E-state index contributed by atoms with van der Waals surface area (Å²) in [6, 6.07) is 3.65. The summed E-state index contributed by atoms with van der Waals surface area (Å²) in [5, 5.41) is 0. The zero-order valence-corrected chi connectivity index (χ0v) is 13.0. The highest BCUT2D eigenvalue weighted by Crippen LogP contribution is 2.40. The minimum atomic E-state index is -0.767. The summed E-state index contributed by atoms with van der Waals surface area (Å²) in [6.45, 7) is 3.62. The summed E-state index contributed by atoms with van der Waals surface area (Å²) in [7, 11) is 1.53. The Bertz CT molecular complexity index is 726. The van der Waals surface area contributed by atoms with Crippen LogP contribution >= 0.6 is 0 Å². The van der Waals surface area contributed by atoms with E-state index in [9.17, 15) is 9.59 Å². The van der Waals surface area contributed by atoms with Crippen molar-refractivity contribution in [3.8, 4) is 29.9 Å². The van der Waals surface area contributed by atoms with Gasteiger partial charge in [-0.3, -0.25) is 9.59 Å². The molecular formula is C19H18O3. The van der Waals surface area contributed by atoms with Crippen LogP contribution < -0.4 is 4.74 Å². The first kappa shape index (κ1) is 15.9. The van der Waals surface area contributed by atoms with Crippen LogP contribution in [-0.4, -0.2) is 18.7 Å². The van der Waals surface area contributed by atoms with E-state index in [1.54, 1.807) is 13.0 Å². The largest absolute Gasteiger partial charge is 0.496 e. The monoisotopic (exact) mass is 294 g/mol. The molecule has 0 aliphatic heterocycles. The fourth-order valence-electron chi connectivity index (χ4n) is 3.00. The third-order valence-corrected chi connectivity index (χ3v) is 3.95. The average Bonchev–Trinajstić information content (AvgIpc) is 2.74. The lowest BCUT2D eigenvalue weighted by molar-refractivity contribution is -0.124. The topological polar surface area (TPSA) is 43.4 Å². The molecule has 0 aromatic heterocycles. The molecule has 2 rings (SSSR count). The SMILES string of the molecule is C#CCC1CC(=O)C(c2c(C)cc(C#CC)cc2OC)C1=O. The van der Waals surface area contributed by atoms with E-state index in [4.69, 9.17) is 11.2 Å². The van der Waals surface area contributed by atoms with Gasteiger partial charge in [0.1, 0.15) is 17.5 Å². The summed E-state index contributed by atoms with van der Waals surface area (Å²) in [6.07, 6.45) is 5.81. The molecule has 3 heteroatoms. The Balaban J connectivity index is 2.52. The minimum absolute atomic E-state index is 0.0824. The Kier molecular flexibility index (Phi) is 4.68. The molecule has 1 fully saturated rings. The molecular weight excluding hydrogens is 276 g/mol. The maximum absolute atomic E-state index is 12.5. The number of benzene rings is 1. The van der Waals surface area contributed by atoms with Crippen LogP contribution in [0.1, 0.15) is 42.4 Å². The summed E-state index contributed by atoms with van der Waals surface area (Å²) in [5.74, 6) is 7.49. The molecule has 1 saturated carbocycles. The quantitative estimate of drug-likeness (QED) is 0.636. The van der Waals surface area contributed by atoms with Gasteiger partial charge in [0, 0.05) is 29.9 Å². The molecule has 2 atom stereocenters. The molecule has 3 nitrogen and oxygen atoms in total. The average molecular weight is 294 g/mol. The van der Waals surface area contributed by atoms with E-state index in [2.05, 4.69) is 17.8 Å². The van der Waals surface area contributed by atoms with Crippen LogP contribution in [0.5, 0.6) is 5.75 Å². The summed E-state index contributed by atoms with van der Waals surface area (Å²) in [4.78, 5) is 24.9. The second-order valence-corrected chi connectivity index (χ2v) is 5.40. The lowest BCUT2D eigenvalue weighted by Gasteiger charge is -2.17. The van der Waals surface area contributed by atoms with Crippen LogP contribution in [0.4, 0.5) is 0 Å². The summed E-state index contributed by atoms with van der Waals surface area (Å²) >= 11 is 0. The lowest BCUT2D eigenvalue weighted by Crippen LogP contribution is -2.17. The van der Waals surface area contributed by atoms with Crippen LogP contribution in [0.15, 0.2) is 12.1 Å². The molecule has 0 radical (unpaired) electrons. The molecule has 1 aromatic carbocycles. The van der Waals surface area contributed by atoms with Crippen LogP contribution in [0.2, 0.25) is 0 Å². The maximum atomic E-state index is 12.5. The molecule has 22 heavy (non-hydrogen) atoms. The van der Waals surface area contributed by atoms with Gasteiger partial charge in [-0.25, -0.2) is 0 Å². The van der Waals surface area contributed by atoms with Gasteiger partial charge < -0.3 is 4.74 Å².